The van der Waals surface area contributed by atoms with Crippen LogP contribution in [-0.4, -0.2) is 24.6 Å². The van der Waals surface area contributed by atoms with Crippen LogP contribution in [0.3, 0.4) is 0 Å². The lowest BCUT2D eigenvalue weighted by atomic mass is 10.0. The van der Waals surface area contributed by atoms with Crippen molar-refractivity contribution >= 4 is 5.91 Å². The van der Waals surface area contributed by atoms with E-state index in [1.54, 1.807) is 0 Å². The topological polar surface area (TPSA) is 64.3 Å². The smallest absolute Gasteiger partial charge is 0.261 e. The van der Waals surface area contributed by atoms with Crippen LogP contribution in [0.2, 0.25) is 0 Å². The number of amides is 1. The van der Waals surface area contributed by atoms with Crippen molar-refractivity contribution in [3.63, 3.8) is 0 Å². The number of rotatable bonds is 6. The van der Waals surface area contributed by atoms with E-state index in [0.717, 1.165) is 30.6 Å². The maximum absolute atomic E-state index is 12.4. The molecule has 3 atom stereocenters. The standard InChI is InChI=1S/C17H26N2O2/c1-3-16(21-14-8-4-6-12(2)10-14)17(20)19-15-9-5-7-13(15)11-18/h4,6,8,10,13,15-16H,3,5,7,9,11,18H2,1-2H3,(H,19,20). The van der Waals surface area contributed by atoms with E-state index < -0.39 is 6.10 Å². The number of carbonyl (C=O) groups excluding carboxylic acids is 1. The summed E-state index contributed by atoms with van der Waals surface area (Å²) in [6.45, 7) is 4.62. The molecule has 1 aliphatic rings. The summed E-state index contributed by atoms with van der Waals surface area (Å²) in [7, 11) is 0. The summed E-state index contributed by atoms with van der Waals surface area (Å²) in [5.74, 6) is 1.13. The second kappa shape index (κ2) is 7.46. The van der Waals surface area contributed by atoms with Gasteiger partial charge in [-0.1, -0.05) is 25.5 Å². The molecule has 3 N–H and O–H groups in total. The third-order valence-corrected chi connectivity index (χ3v) is 4.22. The molecular formula is C17H26N2O2. The monoisotopic (exact) mass is 290 g/mol. The van der Waals surface area contributed by atoms with Crippen LogP contribution in [-0.2, 0) is 4.79 Å². The minimum Gasteiger partial charge on any atom is -0.481 e. The SMILES string of the molecule is CCC(Oc1cccc(C)c1)C(=O)NC1CCCC1CN. The fourth-order valence-corrected chi connectivity index (χ4v) is 2.96. The number of benzene rings is 1. The van der Waals surface area contributed by atoms with Crippen LogP contribution in [0.5, 0.6) is 5.75 Å². The first kappa shape index (κ1) is 15.8. The summed E-state index contributed by atoms with van der Waals surface area (Å²) in [5, 5.41) is 3.12. The lowest BCUT2D eigenvalue weighted by molar-refractivity contribution is -0.129. The number of ether oxygens (including phenoxy) is 1. The number of carbonyl (C=O) groups is 1. The maximum Gasteiger partial charge on any atom is 0.261 e. The fraction of sp³-hybridized carbons (Fsp3) is 0.588. The molecule has 0 aliphatic heterocycles. The maximum atomic E-state index is 12.4. The highest BCUT2D eigenvalue weighted by Crippen LogP contribution is 2.25. The van der Waals surface area contributed by atoms with Gasteiger partial charge in [0.1, 0.15) is 5.75 Å². The van der Waals surface area contributed by atoms with Crippen LogP contribution in [0.15, 0.2) is 24.3 Å². The highest BCUT2D eigenvalue weighted by molar-refractivity contribution is 5.81. The lowest BCUT2D eigenvalue weighted by Gasteiger charge is -2.23. The van der Waals surface area contributed by atoms with Gasteiger partial charge in [-0.05, 0) is 56.3 Å². The first-order valence-electron chi connectivity index (χ1n) is 7.87. The molecular weight excluding hydrogens is 264 g/mol. The molecule has 0 spiro atoms. The second-order valence-electron chi connectivity index (χ2n) is 5.87. The first-order chi connectivity index (χ1) is 10.1. The largest absolute Gasteiger partial charge is 0.481 e. The predicted octanol–water partition coefficient (Wildman–Crippen LogP) is 2.40. The van der Waals surface area contributed by atoms with E-state index in [1.165, 1.54) is 0 Å². The van der Waals surface area contributed by atoms with Crippen LogP contribution in [0.25, 0.3) is 0 Å². The second-order valence-corrected chi connectivity index (χ2v) is 5.87. The van der Waals surface area contributed by atoms with Gasteiger partial charge in [0.05, 0.1) is 0 Å². The van der Waals surface area contributed by atoms with Gasteiger partial charge in [0, 0.05) is 6.04 Å². The molecule has 0 heterocycles. The lowest BCUT2D eigenvalue weighted by Crippen LogP contribution is -2.46. The molecule has 1 aliphatic carbocycles. The molecule has 1 amide bonds. The van der Waals surface area contributed by atoms with Crippen molar-refractivity contribution in [2.75, 3.05) is 6.54 Å². The molecule has 0 aromatic heterocycles. The van der Waals surface area contributed by atoms with E-state index in [1.807, 2.05) is 38.1 Å². The van der Waals surface area contributed by atoms with Gasteiger partial charge in [-0.3, -0.25) is 4.79 Å². The van der Waals surface area contributed by atoms with Crippen LogP contribution in [0.1, 0.15) is 38.2 Å². The number of aryl methyl sites for hydroxylation is 1. The van der Waals surface area contributed by atoms with Crippen LogP contribution < -0.4 is 15.8 Å². The molecule has 1 aromatic carbocycles. The van der Waals surface area contributed by atoms with E-state index in [2.05, 4.69) is 5.32 Å². The molecule has 21 heavy (non-hydrogen) atoms. The van der Waals surface area contributed by atoms with Crippen LogP contribution in [0, 0.1) is 12.8 Å². The Kier molecular flexibility index (Phi) is 5.62. The molecule has 3 unspecified atom stereocenters. The zero-order chi connectivity index (χ0) is 15.2. The van der Waals surface area contributed by atoms with Crippen molar-refractivity contribution in [3.05, 3.63) is 29.8 Å². The van der Waals surface area contributed by atoms with Crippen LogP contribution >= 0.6 is 0 Å². The molecule has 0 radical (unpaired) electrons. The summed E-state index contributed by atoms with van der Waals surface area (Å²) in [6, 6.07) is 8.00. The van der Waals surface area contributed by atoms with Gasteiger partial charge in [-0.2, -0.15) is 0 Å². The van der Waals surface area contributed by atoms with Crippen molar-refractivity contribution < 1.29 is 9.53 Å². The minimum absolute atomic E-state index is 0.0237. The normalized spacial score (nSPS) is 22.8. The Bertz CT molecular complexity index is 476. The Morgan fingerprint density at radius 2 is 2.29 bits per heavy atom. The number of nitrogens with one attached hydrogen (secondary N) is 1. The third-order valence-electron chi connectivity index (χ3n) is 4.22. The van der Waals surface area contributed by atoms with Crippen molar-refractivity contribution in [1.82, 2.24) is 5.32 Å². The van der Waals surface area contributed by atoms with Gasteiger partial charge >= 0.3 is 0 Å². The average molecular weight is 290 g/mol. The Morgan fingerprint density at radius 3 is 2.95 bits per heavy atom. The highest BCUT2D eigenvalue weighted by atomic mass is 16.5. The molecule has 1 aromatic rings. The summed E-state index contributed by atoms with van der Waals surface area (Å²) in [5.41, 5.74) is 6.89. The summed E-state index contributed by atoms with van der Waals surface area (Å²) in [6.07, 6.45) is 3.49. The average Bonchev–Trinajstić information content (AvgIpc) is 2.91. The van der Waals surface area contributed by atoms with E-state index in [-0.39, 0.29) is 11.9 Å². The van der Waals surface area contributed by atoms with Gasteiger partial charge in [0.15, 0.2) is 6.10 Å². The number of hydrogen-bond acceptors (Lipinski definition) is 3. The van der Waals surface area contributed by atoms with E-state index in [4.69, 9.17) is 10.5 Å². The minimum atomic E-state index is -0.439. The Morgan fingerprint density at radius 1 is 1.48 bits per heavy atom. The summed E-state index contributed by atoms with van der Waals surface area (Å²) >= 11 is 0. The molecule has 0 bridgehead atoms. The zero-order valence-electron chi connectivity index (χ0n) is 13.0. The molecule has 4 nitrogen and oxygen atoms in total. The quantitative estimate of drug-likeness (QED) is 0.845. The summed E-state index contributed by atoms with van der Waals surface area (Å²) in [4.78, 5) is 12.4. The molecule has 2 rings (SSSR count). The molecule has 1 fully saturated rings. The van der Waals surface area contributed by atoms with Crippen molar-refractivity contribution in [3.8, 4) is 5.75 Å². The van der Waals surface area contributed by atoms with Gasteiger partial charge in [0.25, 0.3) is 5.91 Å². The molecule has 1 saturated carbocycles. The Hall–Kier alpha value is -1.55. The van der Waals surface area contributed by atoms with Gasteiger partial charge in [0.2, 0.25) is 0 Å². The highest BCUT2D eigenvalue weighted by Gasteiger charge is 2.29. The van der Waals surface area contributed by atoms with E-state index in [9.17, 15) is 4.79 Å². The number of hydrogen-bond donors (Lipinski definition) is 2. The van der Waals surface area contributed by atoms with Crippen molar-refractivity contribution in [2.45, 2.75) is 51.7 Å². The summed E-state index contributed by atoms with van der Waals surface area (Å²) < 4.78 is 5.84. The predicted molar refractivity (Wildman–Crippen MR) is 84.2 cm³/mol. The Balaban J connectivity index is 1.95. The molecule has 0 saturated heterocycles. The van der Waals surface area contributed by atoms with Crippen molar-refractivity contribution in [2.24, 2.45) is 11.7 Å². The molecule has 4 heteroatoms. The number of nitrogens with two attached hydrogens (primary N) is 1. The Labute approximate surface area is 127 Å². The zero-order valence-corrected chi connectivity index (χ0v) is 13.0. The third kappa shape index (κ3) is 4.21. The van der Waals surface area contributed by atoms with Crippen LogP contribution in [0.4, 0.5) is 0 Å². The van der Waals surface area contributed by atoms with E-state index >= 15 is 0 Å². The van der Waals surface area contributed by atoms with Gasteiger partial charge in [-0.15, -0.1) is 0 Å². The molecule has 116 valence electrons. The van der Waals surface area contributed by atoms with Gasteiger partial charge < -0.3 is 15.8 Å². The van der Waals surface area contributed by atoms with Crippen molar-refractivity contribution in [1.29, 1.82) is 0 Å². The first-order valence-corrected chi connectivity index (χ1v) is 7.87. The fourth-order valence-electron chi connectivity index (χ4n) is 2.96. The van der Waals surface area contributed by atoms with E-state index in [0.29, 0.717) is 18.9 Å². The van der Waals surface area contributed by atoms with Gasteiger partial charge in [-0.25, -0.2) is 0 Å².